The third-order valence-electron chi connectivity index (χ3n) is 3.20. The van der Waals surface area contributed by atoms with Crippen LogP contribution in [-0.2, 0) is 9.59 Å². The van der Waals surface area contributed by atoms with Crippen LogP contribution in [0.2, 0.25) is 0 Å². The minimum Gasteiger partial charge on any atom is -0.330 e. The quantitative estimate of drug-likeness (QED) is 0.710. The molecule has 0 aromatic carbocycles. The smallest absolute Gasteiger partial charge is 0.253 e. The van der Waals surface area contributed by atoms with Crippen LogP contribution in [0.4, 0.5) is 0 Å². The molecule has 0 spiro atoms. The van der Waals surface area contributed by atoms with Gasteiger partial charge in [-0.2, -0.15) is 0 Å². The maximum absolute atomic E-state index is 11.3. The molecule has 0 aromatic heterocycles. The van der Waals surface area contributed by atoms with Crippen LogP contribution < -0.4 is 5.73 Å². The summed E-state index contributed by atoms with van der Waals surface area (Å²) in [4.78, 5) is 24.0. The molecule has 0 bridgehead atoms. The van der Waals surface area contributed by atoms with Crippen LogP contribution in [0.5, 0.6) is 0 Å². The van der Waals surface area contributed by atoms with Gasteiger partial charge in [0.2, 0.25) is 0 Å². The van der Waals surface area contributed by atoms with E-state index in [4.69, 9.17) is 5.73 Å². The van der Waals surface area contributed by atoms with E-state index in [9.17, 15) is 9.59 Å². The summed E-state index contributed by atoms with van der Waals surface area (Å²) < 4.78 is 0. The minimum absolute atomic E-state index is 0.122. The van der Waals surface area contributed by atoms with E-state index in [2.05, 4.69) is 20.8 Å². The van der Waals surface area contributed by atoms with Gasteiger partial charge in [-0.25, -0.2) is 0 Å². The number of imide groups is 1. The molecule has 4 heteroatoms. The van der Waals surface area contributed by atoms with Gasteiger partial charge in [0.15, 0.2) is 0 Å². The second kappa shape index (κ2) is 5.45. The Morgan fingerprint density at radius 3 is 2.29 bits per heavy atom. The van der Waals surface area contributed by atoms with Crippen molar-refractivity contribution in [3.8, 4) is 0 Å². The van der Waals surface area contributed by atoms with Gasteiger partial charge in [0.25, 0.3) is 11.8 Å². The summed E-state index contributed by atoms with van der Waals surface area (Å²) in [5, 5.41) is 0. The van der Waals surface area contributed by atoms with Gasteiger partial charge < -0.3 is 5.73 Å². The van der Waals surface area contributed by atoms with E-state index in [1.807, 2.05) is 0 Å². The fourth-order valence-corrected chi connectivity index (χ4v) is 2.13. The van der Waals surface area contributed by atoms with Crippen LogP contribution in [0.3, 0.4) is 0 Å². The number of rotatable bonds is 6. The largest absolute Gasteiger partial charge is 0.330 e. The maximum Gasteiger partial charge on any atom is 0.253 e. The number of nitrogens with zero attached hydrogens (tertiary/aromatic N) is 1. The predicted octanol–water partition coefficient (Wildman–Crippen LogP) is 1.31. The maximum atomic E-state index is 11.3. The highest BCUT2D eigenvalue weighted by molar-refractivity contribution is 6.12. The lowest BCUT2D eigenvalue weighted by atomic mass is 9.82. The Morgan fingerprint density at radius 1 is 1.29 bits per heavy atom. The first-order valence-corrected chi connectivity index (χ1v) is 6.09. The molecule has 0 aromatic rings. The molecule has 2 N–H and O–H groups in total. The van der Waals surface area contributed by atoms with E-state index >= 15 is 0 Å². The molecule has 4 nitrogen and oxygen atoms in total. The van der Waals surface area contributed by atoms with Gasteiger partial charge in [-0.3, -0.25) is 14.5 Å². The first kappa shape index (κ1) is 13.9. The Balaban J connectivity index is 2.36. The van der Waals surface area contributed by atoms with Crippen molar-refractivity contribution in [1.29, 1.82) is 0 Å². The molecule has 0 aliphatic carbocycles. The van der Waals surface area contributed by atoms with Gasteiger partial charge in [0.1, 0.15) is 0 Å². The third kappa shape index (κ3) is 3.97. The number of hydrogen-bond donors (Lipinski definition) is 1. The highest BCUT2D eigenvalue weighted by atomic mass is 16.2. The summed E-state index contributed by atoms with van der Waals surface area (Å²) in [6.07, 6.45) is 4.50. The molecular formula is C13H22N2O2. The summed E-state index contributed by atoms with van der Waals surface area (Å²) in [6.45, 7) is 7.57. The Labute approximate surface area is 103 Å². The third-order valence-corrected chi connectivity index (χ3v) is 3.20. The first-order chi connectivity index (χ1) is 7.85. The molecule has 1 atom stereocenters. The van der Waals surface area contributed by atoms with Crippen LogP contribution in [0.1, 0.15) is 33.6 Å². The van der Waals surface area contributed by atoms with Gasteiger partial charge in [0, 0.05) is 18.7 Å². The molecule has 1 aliphatic rings. The van der Waals surface area contributed by atoms with Gasteiger partial charge in [-0.05, 0) is 30.7 Å². The number of carbonyl (C=O) groups is 2. The zero-order chi connectivity index (χ0) is 13.1. The highest BCUT2D eigenvalue weighted by Gasteiger charge is 2.25. The van der Waals surface area contributed by atoms with Crippen LogP contribution in [0.15, 0.2) is 12.2 Å². The molecule has 2 amide bonds. The van der Waals surface area contributed by atoms with Gasteiger partial charge in [0.05, 0.1) is 0 Å². The van der Waals surface area contributed by atoms with Crippen molar-refractivity contribution in [2.45, 2.75) is 33.6 Å². The van der Waals surface area contributed by atoms with E-state index in [-0.39, 0.29) is 17.2 Å². The number of amides is 2. The lowest BCUT2D eigenvalue weighted by Crippen LogP contribution is -2.32. The van der Waals surface area contributed by atoms with Crippen molar-refractivity contribution in [1.82, 2.24) is 4.90 Å². The summed E-state index contributed by atoms with van der Waals surface area (Å²) in [5.41, 5.74) is 5.81. The molecule has 1 aliphatic heterocycles. The molecule has 0 fully saturated rings. The first-order valence-electron chi connectivity index (χ1n) is 6.09. The normalized spacial score (nSPS) is 18.0. The van der Waals surface area contributed by atoms with Crippen LogP contribution in [0.25, 0.3) is 0 Å². The fourth-order valence-electron chi connectivity index (χ4n) is 2.13. The van der Waals surface area contributed by atoms with Gasteiger partial charge in [-0.1, -0.05) is 20.8 Å². The fraction of sp³-hybridized carbons (Fsp3) is 0.692. The highest BCUT2D eigenvalue weighted by Crippen LogP contribution is 2.26. The lowest BCUT2D eigenvalue weighted by molar-refractivity contribution is -0.136. The van der Waals surface area contributed by atoms with E-state index in [1.54, 1.807) is 0 Å². The molecular weight excluding hydrogens is 216 g/mol. The molecule has 0 saturated carbocycles. The summed E-state index contributed by atoms with van der Waals surface area (Å²) >= 11 is 0. The van der Waals surface area contributed by atoms with Gasteiger partial charge in [-0.15, -0.1) is 0 Å². The zero-order valence-electron chi connectivity index (χ0n) is 10.9. The van der Waals surface area contributed by atoms with E-state index in [0.717, 1.165) is 12.8 Å². The predicted molar refractivity (Wildman–Crippen MR) is 67.1 cm³/mol. The Hall–Kier alpha value is -1.16. The molecule has 0 saturated heterocycles. The summed E-state index contributed by atoms with van der Waals surface area (Å²) in [7, 11) is 0. The average Bonchev–Trinajstić information content (AvgIpc) is 2.55. The van der Waals surface area contributed by atoms with Gasteiger partial charge >= 0.3 is 0 Å². The van der Waals surface area contributed by atoms with Crippen molar-refractivity contribution in [3.05, 3.63) is 12.2 Å². The topological polar surface area (TPSA) is 63.4 Å². The molecule has 1 rings (SSSR count). The van der Waals surface area contributed by atoms with Crippen LogP contribution >= 0.6 is 0 Å². The standard InChI is InChI=1S/C13H22N2O2/c1-10(8-13(2,3)9-14)6-7-15-11(16)4-5-12(15)17/h4-5,10H,6-9,14H2,1-3H3. The monoisotopic (exact) mass is 238 g/mol. The van der Waals surface area contributed by atoms with Crippen molar-refractivity contribution in [2.75, 3.05) is 13.1 Å². The van der Waals surface area contributed by atoms with Crippen molar-refractivity contribution in [2.24, 2.45) is 17.1 Å². The molecule has 96 valence electrons. The second-order valence-electron chi connectivity index (χ2n) is 5.63. The molecule has 1 unspecified atom stereocenters. The number of carbonyl (C=O) groups excluding carboxylic acids is 2. The SMILES string of the molecule is CC(CCN1C(=O)C=CC1=O)CC(C)(C)CN. The Morgan fingerprint density at radius 2 is 1.82 bits per heavy atom. The summed E-state index contributed by atoms with van der Waals surface area (Å²) in [5.74, 6) is 0.0651. The summed E-state index contributed by atoms with van der Waals surface area (Å²) in [6, 6.07) is 0. The Kier molecular flexibility index (Phi) is 4.46. The lowest BCUT2D eigenvalue weighted by Gasteiger charge is -2.27. The van der Waals surface area contributed by atoms with Crippen LogP contribution in [0, 0.1) is 11.3 Å². The average molecular weight is 238 g/mol. The van der Waals surface area contributed by atoms with Crippen molar-refractivity contribution in [3.63, 3.8) is 0 Å². The van der Waals surface area contributed by atoms with Crippen molar-refractivity contribution < 1.29 is 9.59 Å². The zero-order valence-corrected chi connectivity index (χ0v) is 10.9. The van der Waals surface area contributed by atoms with E-state index in [0.29, 0.717) is 19.0 Å². The molecule has 0 radical (unpaired) electrons. The number of nitrogens with two attached hydrogens (primary N) is 1. The molecule has 1 heterocycles. The van der Waals surface area contributed by atoms with Crippen molar-refractivity contribution >= 4 is 11.8 Å². The Bertz CT molecular complexity index is 316. The van der Waals surface area contributed by atoms with E-state index < -0.39 is 0 Å². The van der Waals surface area contributed by atoms with E-state index in [1.165, 1.54) is 17.1 Å². The number of hydrogen-bond acceptors (Lipinski definition) is 3. The van der Waals surface area contributed by atoms with Crippen LogP contribution in [-0.4, -0.2) is 29.8 Å². The minimum atomic E-state index is -0.194. The second-order valence-corrected chi connectivity index (χ2v) is 5.63. The molecule has 17 heavy (non-hydrogen) atoms.